The van der Waals surface area contributed by atoms with Gasteiger partial charge in [-0.05, 0) is 18.8 Å². The van der Waals surface area contributed by atoms with E-state index < -0.39 is 0 Å². The van der Waals surface area contributed by atoms with E-state index in [0.717, 1.165) is 25.9 Å². The Labute approximate surface area is 114 Å². The number of nitrogens with two attached hydrogens (primary N) is 1. The van der Waals surface area contributed by atoms with Crippen molar-refractivity contribution in [3.8, 4) is 0 Å². The van der Waals surface area contributed by atoms with Gasteiger partial charge in [-0.3, -0.25) is 9.59 Å². The maximum absolute atomic E-state index is 12.4. The molecule has 2 aliphatic rings. The Bertz CT molecular complexity index is 348. The zero-order valence-electron chi connectivity index (χ0n) is 11.6. The third-order valence-corrected chi connectivity index (χ3v) is 4.19. The van der Waals surface area contributed by atoms with Gasteiger partial charge < -0.3 is 20.9 Å². The maximum Gasteiger partial charge on any atom is 0.242 e. The molecule has 0 aromatic rings. The van der Waals surface area contributed by atoms with Crippen molar-refractivity contribution in [3.05, 3.63) is 0 Å². The largest absolute Gasteiger partial charge is 0.337 e. The molecule has 2 heterocycles. The lowest BCUT2D eigenvalue weighted by molar-refractivity contribution is -0.144. The van der Waals surface area contributed by atoms with Crippen LogP contribution < -0.4 is 11.1 Å². The number of nitrogens with zero attached hydrogens (tertiary/aromatic N) is 2. The fraction of sp³-hybridized carbons (Fsp3) is 0.846. The zero-order valence-corrected chi connectivity index (χ0v) is 11.6. The fourth-order valence-corrected chi connectivity index (χ4v) is 2.99. The summed E-state index contributed by atoms with van der Waals surface area (Å²) in [5.41, 5.74) is 5.80. The Balaban J connectivity index is 1.96. The molecule has 108 valence electrons. The Morgan fingerprint density at radius 1 is 1.47 bits per heavy atom. The number of piperidine rings is 1. The van der Waals surface area contributed by atoms with Gasteiger partial charge in [0, 0.05) is 32.2 Å². The van der Waals surface area contributed by atoms with Crippen molar-refractivity contribution in [1.29, 1.82) is 0 Å². The smallest absolute Gasteiger partial charge is 0.242 e. The molecule has 6 nitrogen and oxygen atoms in total. The molecule has 2 unspecified atom stereocenters. The van der Waals surface area contributed by atoms with Gasteiger partial charge in [0.1, 0.15) is 0 Å². The van der Waals surface area contributed by atoms with Gasteiger partial charge in [0.05, 0.1) is 13.1 Å². The van der Waals surface area contributed by atoms with Crippen LogP contribution in [0.2, 0.25) is 0 Å². The van der Waals surface area contributed by atoms with E-state index in [9.17, 15) is 9.59 Å². The van der Waals surface area contributed by atoms with E-state index in [4.69, 9.17) is 5.73 Å². The number of carbonyl (C=O) groups is 2. The number of likely N-dealkylation sites (tertiary alicyclic amines) is 1. The van der Waals surface area contributed by atoms with Crippen LogP contribution in [-0.4, -0.2) is 66.9 Å². The Morgan fingerprint density at radius 3 is 2.95 bits per heavy atom. The molecule has 2 aliphatic heterocycles. The van der Waals surface area contributed by atoms with E-state index in [-0.39, 0.29) is 24.4 Å². The molecular formula is C13H24N4O2. The fourth-order valence-electron chi connectivity index (χ4n) is 2.99. The van der Waals surface area contributed by atoms with Crippen LogP contribution in [0, 0.1) is 5.92 Å². The third kappa shape index (κ3) is 3.25. The van der Waals surface area contributed by atoms with Crippen LogP contribution in [-0.2, 0) is 9.59 Å². The van der Waals surface area contributed by atoms with Crippen LogP contribution in [0.5, 0.6) is 0 Å². The standard InChI is InChI=1S/C13H24N4O2/c1-10-3-2-5-17(11(10)7-14)13(19)9-16-6-4-15-8-12(16)18/h10-11,15H,2-9,14H2,1H3. The normalized spacial score (nSPS) is 28.6. The highest BCUT2D eigenvalue weighted by Gasteiger charge is 2.32. The summed E-state index contributed by atoms with van der Waals surface area (Å²) < 4.78 is 0. The number of carbonyl (C=O) groups excluding carboxylic acids is 2. The van der Waals surface area contributed by atoms with Crippen LogP contribution in [0.15, 0.2) is 0 Å². The highest BCUT2D eigenvalue weighted by molar-refractivity contribution is 5.86. The van der Waals surface area contributed by atoms with E-state index in [1.165, 1.54) is 0 Å². The minimum Gasteiger partial charge on any atom is -0.337 e. The summed E-state index contributed by atoms with van der Waals surface area (Å²) in [5.74, 6) is 0.493. The summed E-state index contributed by atoms with van der Waals surface area (Å²) in [7, 11) is 0. The van der Waals surface area contributed by atoms with Gasteiger partial charge in [0.2, 0.25) is 11.8 Å². The highest BCUT2D eigenvalue weighted by Crippen LogP contribution is 2.22. The van der Waals surface area contributed by atoms with Gasteiger partial charge in [-0.15, -0.1) is 0 Å². The second kappa shape index (κ2) is 6.34. The first-order valence-electron chi connectivity index (χ1n) is 7.11. The van der Waals surface area contributed by atoms with Crippen molar-refractivity contribution >= 4 is 11.8 Å². The van der Waals surface area contributed by atoms with Crippen LogP contribution in [0.3, 0.4) is 0 Å². The summed E-state index contributed by atoms with van der Waals surface area (Å²) in [5, 5.41) is 3.01. The van der Waals surface area contributed by atoms with Crippen molar-refractivity contribution in [2.45, 2.75) is 25.8 Å². The molecule has 0 aromatic carbocycles. The van der Waals surface area contributed by atoms with Gasteiger partial charge in [0.15, 0.2) is 0 Å². The van der Waals surface area contributed by atoms with Gasteiger partial charge in [-0.2, -0.15) is 0 Å². The molecule has 0 saturated carbocycles. The lowest BCUT2D eigenvalue weighted by Gasteiger charge is -2.40. The molecule has 19 heavy (non-hydrogen) atoms. The highest BCUT2D eigenvalue weighted by atomic mass is 16.2. The summed E-state index contributed by atoms with van der Waals surface area (Å²) in [6, 6.07) is 0.124. The second-order valence-electron chi connectivity index (χ2n) is 5.50. The van der Waals surface area contributed by atoms with E-state index in [1.807, 2.05) is 4.90 Å². The van der Waals surface area contributed by atoms with Crippen LogP contribution in [0.1, 0.15) is 19.8 Å². The zero-order chi connectivity index (χ0) is 13.8. The predicted octanol–water partition coefficient (Wildman–Crippen LogP) is -0.996. The number of piperazine rings is 1. The van der Waals surface area contributed by atoms with Crippen LogP contribution in [0.25, 0.3) is 0 Å². The molecule has 0 spiro atoms. The third-order valence-electron chi connectivity index (χ3n) is 4.19. The van der Waals surface area contributed by atoms with Gasteiger partial charge >= 0.3 is 0 Å². The maximum atomic E-state index is 12.4. The first-order chi connectivity index (χ1) is 9.13. The van der Waals surface area contributed by atoms with Crippen molar-refractivity contribution < 1.29 is 9.59 Å². The van der Waals surface area contributed by atoms with Crippen molar-refractivity contribution in [3.63, 3.8) is 0 Å². The average Bonchev–Trinajstić information content (AvgIpc) is 2.41. The Morgan fingerprint density at radius 2 is 2.26 bits per heavy atom. The first-order valence-corrected chi connectivity index (χ1v) is 7.11. The quantitative estimate of drug-likeness (QED) is 0.688. The molecule has 3 N–H and O–H groups in total. The number of rotatable bonds is 3. The summed E-state index contributed by atoms with van der Waals surface area (Å²) in [6.07, 6.45) is 2.15. The molecule has 0 aromatic heterocycles. The predicted molar refractivity (Wildman–Crippen MR) is 72.4 cm³/mol. The Hall–Kier alpha value is -1.14. The van der Waals surface area contributed by atoms with E-state index in [2.05, 4.69) is 12.2 Å². The van der Waals surface area contributed by atoms with Crippen molar-refractivity contribution in [2.75, 3.05) is 39.3 Å². The van der Waals surface area contributed by atoms with Gasteiger partial charge in [-0.25, -0.2) is 0 Å². The molecule has 0 aliphatic carbocycles. The van der Waals surface area contributed by atoms with Gasteiger partial charge in [0.25, 0.3) is 0 Å². The number of hydrogen-bond acceptors (Lipinski definition) is 4. The molecule has 0 bridgehead atoms. The lowest BCUT2D eigenvalue weighted by Crippen LogP contribution is -2.56. The van der Waals surface area contributed by atoms with Crippen molar-refractivity contribution in [2.24, 2.45) is 11.7 Å². The monoisotopic (exact) mass is 268 g/mol. The topological polar surface area (TPSA) is 78.7 Å². The molecule has 2 fully saturated rings. The summed E-state index contributed by atoms with van der Waals surface area (Å²) >= 11 is 0. The molecule has 2 rings (SSSR count). The molecule has 2 atom stereocenters. The minimum atomic E-state index is 0.00829. The summed E-state index contributed by atoms with van der Waals surface area (Å²) in [6.45, 7) is 5.32. The van der Waals surface area contributed by atoms with Gasteiger partial charge in [-0.1, -0.05) is 6.92 Å². The summed E-state index contributed by atoms with van der Waals surface area (Å²) in [4.78, 5) is 27.6. The van der Waals surface area contributed by atoms with E-state index >= 15 is 0 Å². The second-order valence-corrected chi connectivity index (χ2v) is 5.50. The molecular weight excluding hydrogens is 244 g/mol. The number of hydrogen-bond donors (Lipinski definition) is 2. The molecule has 2 amide bonds. The lowest BCUT2D eigenvalue weighted by atomic mass is 9.90. The van der Waals surface area contributed by atoms with Crippen LogP contribution >= 0.6 is 0 Å². The number of nitrogens with one attached hydrogen (secondary N) is 1. The molecule has 6 heteroatoms. The van der Waals surface area contributed by atoms with Crippen molar-refractivity contribution in [1.82, 2.24) is 15.1 Å². The van der Waals surface area contributed by atoms with E-state index in [1.54, 1.807) is 4.90 Å². The molecule has 0 radical (unpaired) electrons. The SMILES string of the molecule is CC1CCCN(C(=O)CN2CCNCC2=O)C1CN. The number of amides is 2. The average molecular weight is 268 g/mol. The first kappa shape index (κ1) is 14.3. The minimum absolute atomic E-state index is 0.00829. The Kier molecular flexibility index (Phi) is 4.76. The molecule has 2 saturated heterocycles. The van der Waals surface area contributed by atoms with Crippen LogP contribution in [0.4, 0.5) is 0 Å². The van der Waals surface area contributed by atoms with E-state index in [0.29, 0.717) is 25.6 Å².